The molecule has 0 unspecified atom stereocenters. The Labute approximate surface area is 811 Å². The van der Waals surface area contributed by atoms with Crippen LogP contribution in [0.25, 0.3) is 44.5 Å². The number of rotatable bonds is 12. The van der Waals surface area contributed by atoms with Crippen LogP contribution < -0.4 is 39.2 Å². The summed E-state index contributed by atoms with van der Waals surface area (Å²) in [5, 5.41) is 0. The molecule has 13 aromatic carbocycles. The van der Waals surface area contributed by atoms with Gasteiger partial charge in [0.25, 0.3) is 0 Å². The maximum Gasteiger partial charge on any atom is 0.126 e. The predicted octanol–water partition coefficient (Wildman–Crippen LogP) is 29.6. The van der Waals surface area contributed by atoms with Crippen molar-refractivity contribution in [1.82, 2.24) is 15.0 Å². The molecule has 0 amide bonds. The van der Waals surface area contributed by atoms with Crippen LogP contribution in [0.4, 0.5) is 91.4 Å². The van der Waals surface area contributed by atoms with Gasteiger partial charge in [0.2, 0.25) is 0 Å². The molecule has 128 heavy (non-hydrogen) atoms. The van der Waals surface area contributed by atoms with Crippen molar-refractivity contribution in [3.63, 3.8) is 0 Å². The molecule has 3 aromatic heterocycles. The Kier molecular flexibility index (Phi) is 29.9. The molecule has 0 N–H and O–H groups in total. The second-order valence-electron chi connectivity index (χ2n) is 35.3. The third-order valence-corrected chi connectivity index (χ3v) is 22.7. The zero-order chi connectivity index (χ0) is 85.7. The summed E-state index contributed by atoms with van der Waals surface area (Å²) in [6.07, 6.45) is 5.55. The minimum atomic E-state index is 0. The van der Waals surface area contributed by atoms with E-state index < -0.39 is 0 Å². The molecule has 4 aliphatic rings. The van der Waals surface area contributed by atoms with Gasteiger partial charge in [0.15, 0.2) is 0 Å². The first kappa shape index (κ1) is 93.9. The van der Waals surface area contributed by atoms with Crippen LogP contribution in [0, 0.1) is 50.9 Å². The first-order valence-electron chi connectivity index (χ1n) is 42.4. The second-order valence-corrected chi connectivity index (χ2v) is 35.3. The third kappa shape index (κ3) is 20.4. The van der Waals surface area contributed by atoms with E-state index >= 15 is 0 Å². The van der Waals surface area contributed by atoms with E-state index in [0.29, 0.717) is 0 Å². The van der Waals surface area contributed by atoms with Crippen molar-refractivity contribution in [3.8, 4) is 44.5 Å². The summed E-state index contributed by atoms with van der Waals surface area (Å²) in [6, 6.07) is 136. The summed E-state index contributed by atoms with van der Waals surface area (Å²) in [4.78, 5) is 31.7. The zero-order valence-corrected chi connectivity index (χ0v) is 83.4. The van der Waals surface area contributed by atoms with Gasteiger partial charge < -0.3 is 39.2 Å². The van der Waals surface area contributed by atoms with Gasteiger partial charge in [-0.25, -0.2) is 15.0 Å². The van der Waals surface area contributed by atoms with Crippen molar-refractivity contribution < 1.29 is 80.4 Å². The smallest absolute Gasteiger partial charge is 0.126 e. The van der Waals surface area contributed by atoms with Gasteiger partial charge in [0.05, 0.1) is 17.1 Å². The van der Waals surface area contributed by atoms with Crippen LogP contribution in [0.15, 0.2) is 370 Å². The normalized spacial score (nSPS) is 13.0. The molecule has 15 heteroatoms. The van der Waals surface area contributed by atoms with E-state index in [2.05, 4.69) is 477 Å². The number of fused-ring (bicyclic) bond motifs is 4. The van der Waals surface area contributed by atoms with Crippen LogP contribution in [-0.4, -0.2) is 15.0 Å². The van der Waals surface area contributed by atoms with Gasteiger partial charge in [-0.15, -0.1) is 73.7 Å². The quantitative estimate of drug-likeness (QED) is 0.110. The van der Waals surface area contributed by atoms with Crippen molar-refractivity contribution in [1.29, 1.82) is 0 Å². The molecule has 0 aliphatic carbocycles. The molecule has 0 bridgehead atoms. The fourth-order valence-electron chi connectivity index (χ4n) is 16.0. The number of hydrogen-bond acceptors (Lipinski definition) is 11. The van der Waals surface area contributed by atoms with E-state index in [9.17, 15) is 0 Å². The Morgan fingerprint density at radius 1 is 0.211 bits per heavy atom. The van der Waals surface area contributed by atoms with Crippen molar-refractivity contribution in [2.75, 3.05) is 39.2 Å². The van der Waals surface area contributed by atoms with Crippen LogP contribution in [0.3, 0.4) is 0 Å². The molecular weight excluding hydrogens is 2280 g/mol. The summed E-state index contributed by atoms with van der Waals surface area (Å²) in [7, 11) is 0. The first-order chi connectivity index (χ1) is 60.1. The molecule has 16 aromatic rings. The zero-order valence-electron chi connectivity index (χ0n) is 73.8. The maximum atomic E-state index is 4.74. The fraction of sp³-hybridized carbons (Fsp3) is 0.142. The van der Waals surface area contributed by atoms with Gasteiger partial charge >= 0.3 is 0 Å². The summed E-state index contributed by atoms with van der Waals surface area (Å²) < 4.78 is 0. The Balaban J connectivity index is 0.000000144. The van der Waals surface area contributed by atoms with Gasteiger partial charge in [-0.2, -0.15) is 95.1 Å². The molecule has 4 radical (unpaired) electrons. The van der Waals surface area contributed by atoms with Crippen LogP contribution in [-0.2, 0) is 102 Å². The predicted molar refractivity (Wildman–Crippen MR) is 517 cm³/mol. The minimum Gasteiger partial charge on any atom is -0.493 e. The fourth-order valence-corrected chi connectivity index (χ4v) is 16.0. The van der Waals surface area contributed by atoms with Gasteiger partial charge in [-0.05, 0) is 106 Å². The Hall–Kier alpha value is -11.7. The van der Waals surface area contributed by atoms with Gasteiger partial charge in [-0.1, -0.05) is 300 Å². The first-order valence-corrected chi connectivity index (χ1v) is 42.4. The number of benzene rings is 13. The third-order valence-electron chi connectivity index (χ3n) is 22.7. The summed E-state index contributed by atoms with van der Waals surface area (Å²) in [5.74, 6) is 2.74. The molecule has 0 fully saturated rings. The number of nitrogens with zero attached hydrogens (tertiary/aromatic N) is 11. The van der Waals surface area contributed by atoms with Crippen LogP contribution in [0.2, 0.25) is 0 Å². The number of para-hydroxylation sites is 6. The molecule has 0 atom stereocenters. The summed E-state index contributed by atoms with van der Waals surface area (Å²) in [5.41, 5.74) is 29.0. The van der Waals surface area contributed by atoms with Crippen LogP contribution in [0.5, 0.6) is 0 Å². The topological polar surface area (TPSA) is 64.6 Å². The van der Waals surface area contributed by atoms with Gasteiger partial charge in [-0.3, -0.25) is 0 Å². The number of anilines is 16. The van der Waals surface area contributed by atoms with Crippen molar-refractivity contribution in [2.24, 2.45) is 0 Å². The summed E-state index contributed by atoms with van der Waals surface area (Å²) >= 11 is 0. The molecule has 4 aliphatic heterocycles. The maximum absolute atomic E-state index is 4.74. The molecule has 7 heterocycles. The molecule has 652 valence electrons. The Bertz CT molecular complexity index is 5980. The van der Waals surface area contributed by atoms with Crippen LogP contribution >= 0.6 is 0 Å². The summed E-state index contributed by atoms with van der Waals surface area (Å²) in [6.45, 7) is 35.3. The molecule has 11 nitrogen and oxygen atoms in total. The van der Waals surface area contributed by atoms with E-state index in [1.54, 1.807) is 0 Å². The second kappa shape index (κ2) is 40.7. The Morgan fingerprint density at radius 2 is 0.461 bits per heavy atom. The Morgan fingerprint density at radius 3 is 0.797 bits per heavy atom. The number of aromatic nitrogens is 3. The molecular formula is C113H101Ir4N11-8. The van der Waals surface area contributed by atoms with Gasteiger partial charge in [0, 0.05) is 155 Å². The average molecular weight is 2380 g/mol. The van der Waals surface area contributed by atoms with Gasteiger partial charge in [0.1, 0.15) is 17.5 Å². The SMILES string of the molecule is CC(C)(C)c1c[c-]c(N2[CH-]N(c3ccccc3-c3ccccc3)c3ccccc32)cc1.CC(C)(C)c1c[c-]c(N2[CH-]N(c3ccccc3-c3ccccc3)c3ncccc32)cc1.CC(C)(C)c1cc[c-]c(N2[CH-]N(c3ccccc3-c3ccccc3)c3cccnc32)c1.CC(C)(C)c1cc[c-]c(N2[CH-]N(c3ccccc3-c3ccccc3)c3ncccc32)c1.[Ir].[Ir].[Ir].[Ir]. The van der Waals surface area contributed by atoms with Crippen molar-refractivity contribution >= 4 is 91.4 Å². The monoisotopic (exact) mass is 2380 g/mol. The van der Waals surface area contributed by atoms with Crippen LogP contribution in [0.1, 0.15) is 105 Å². The molecule has 20 rings (SSSR count). The van der Waals surface area contributed by atoms with E-state index in [1.165, 1.54) is 72.4 Å². The number of hydrogen-bond donors (Lipinski definition) is 0. The largest absolute Gasteiger partial charge is 0.493 e. The minimum absolute atomic E-state index is 0. The van der Waals surface area contributed by atoms with Crippen molar-refractivity contribution in [2.45, 2.75) is 105 Å². The molecule has 0 spiro atoms. The van der Waals surface area contributed by atoms with E-state index in [4.69, 9.17) is 15.0 Å². The van der Waals surface area contributed by atoms with Crippen molar-refractivity contribution in [3.05, 3.63) is 444 Å². The molecule has 0 saturated heterocycles. The average Bonchev–Trinajstić information content (AvgIpc) is 1.62. The number of pyridine rings is 3. The van der Waals surface area contributed by atoms with E-state index in [0.717, 1.165) is 85.7 Å². The van der Waals surface area contributed by atoms with E-state index in [1.807, 2.05) is 67.1 Å². The molecule has 0 saturated carbocycles. The van der Waals surface area contributed by atoms with E-state index in [-0.39, 0.29) is 102 Å². The standard InChI is InChI=1S/C29H26N2.3C28H25N3.4Ir/c1-29(2,3)23-17-19-24(20-18-23)30-21-31(28-16-10-9-15-27(28)30)26-14-8-7-13-25(26)22-11-5-4-6-12-22;1-28(2,3)22-13-9-14-23(19-22)30-20-31(26-17-10-18-29-27(26)30)25-16-8-7-15-24(25)21-11-5-4-6-12-21;1-28(2,3)22-13-9-14-23(19-22)30-20-31(27-26(30)17-10-18-29-27)25-16-8-7-15-24(25)21-11-5-4-6-12-21;1-28(2,3)22-15-17-23(18-16-22)30-20-31(27-26(30)14-9-19-29-27)25-13-8-7-12-24(25)21-10-5-4-6-11-21;;;;/h4-19,21H,1-3H3;2*4-13,15-20H,1-3H3;4-17,19-20H,1-3H3;;;;/q4*-2;;;;.